The van der Waals surface area contributed by atoms with Gasteiger partial charge in [-0.15, -0.1) is 0 Å². The lowest BCUT2D eigenvalue weighted by molar-refractivity contribution is 0.488. The van der Waals surface area contributed by atoms with E-state index in [0.717, 1.165) is 19.3 Å². The number of nitrogens with one attached hydrogen (secondary N) is 1. The van der Waals surface area contributed by atoms with Crippen LogP contribution in [0.25, 0.3) is 0 Å². The number of hydrogen-bond acceptors (Lipinski definition) is 2. The van der Waals surface area contributed by atoms with Crippen molar-refractivity contribution >= 4 is 10.2 Å². The second-order valence-electron chi connectivity index (χ2n) is 3.89. The summed E-state index contributed by atoms with van der Waals surface area (Å²) >= 11 is 0. The van der Waals surface area contributed by atoms with Crippen LogP contribution in [0.2, 0.25) is 0 Å². The lowest BCUT2D eigenvalue weighted by Gasteiger charge is -2.12. The molecule has 0 saturated heterocycles. The van der Waals surface area contributed by atoms with E-state index in [1.54, 1.807) is 0 Å². The molecule has 5 heteroatoms. The third-order valence-electron chi connectivity index (χ3n) is 1.78. The monoisotopic (exact) mass is 208 g/mol. The number of hydrogen-bond donors (Lipinski definition) is 2. The molecule has 0 aromatic carbocycles. The Morgan fingerprint density at radius 3 is 2.15 bits per heavy atom. The lowest BCUT2D eigenvalue weighted by Crippen LogP contribution is -2.37. The fourth-order valence-corrected chi connectivity index (χ4v) is 1.85. The zero-order valence-corrected chi connectivity index (χ0v) is 9.39. The van der Waals surface area contributed by atoms with Crippen LogP contribution in [-0.2, 0) is 10.2 Å². The minimum Gasteiger partial charge on any atom is -0.216 e. The summed E-state index contributed by atoms with van der Waals surface area (Å²) in [5.74, 6) is 0.668. The van der Waals surface area contributed by atoms with Gasteiger partial charge in [-0.3, -0.25) is 0 Å². The molecular formula is C8H20N2O2S. The minimum atomic E-state index is -3.52. The van der Waals surface area contributed by atoms with Crippen LogP contribution in [0.1, 0.15) is 40.0 Å². The smallest absolute Gasteiger partial charge is 0.216 e. The van der Waals surface area contributed by atoms with Crippen molar-refractivity contribution in [2.24, 2.45) is 11.1 Å². The molecule has 0 radical (unpaired) electrons. The second kappa shape index (κ2) is 5.57. The zero-order valence-electron chi connectivity index (χ0n) is 8.58. The van der Waals surface area contributed by atoms with Gasteiger partial charge in [0.05, 0.1) is 0 Å². The molecule has 1 unspecified atom stereocenters. The van der Waals surface area contributed by atoms with Crippen molar-refractivity contribution in [2.45, 2.75) is 46.1 Å². The fraction of sp³-hybridized carbons (Fsp3) is 1.00. The predicted octanol–water partition coefficient (Wildman–Crippen LogP) is 0.994. The third-order valence-corrected chi connectivity index (χ3v) is 2.51. The Morgan fingerprint density at radius 2 is 1.77 bits per heavy atom. The molecule has 0 bridgehead atoms. The summed E-state index contributed by atoms with van der Waals surface area (Å²) in [6, 6.07) is -0.0613. The third kappa shape index (κ3) is 9.79. The Hall–Kier alpha value is -0.130. The normalized spacial score (nSPS) is 14.8. The molecule has 0 rings (SSSR count). The molecule has 0 spiro atoms. The molecule has 0 aromatic rings. The first-order valence-electron chi connectivity index (χ1n) is 4.61. The van der Waals surface area contributed by atoms with Crippen LogP contribution in [0.5, 0.6) is 0 Å². The van der Waals surface area contributed by atoms with Crippen LogP contribution < -0.4 is 9.86 Å². The molecule has 3 N–H and O–H groups in total. The average molecular weight is 208 g/mol. The van der Waals surface area contributed by atoms with Crippen molar-refractivity contribution in [1.29, 1.82) is 0 Å². The quantitative estimate of drug-likeness (QED) is 0.683. The Morgan fingerprint density at radius 1 is 1.23 bits per heavy atom. The summed E-state index contributed by atoms with van der Waals surface area (Å²) in [6.45, 7) is 6.13. The largest absolute Gasteiger partial charge is 0.274 e. The molecule has 0 aliphatic rings. The van der Waals surface area contributed by atoms with Crippen molar-refractivity contribution in [3.05, 3.63) is 0 Å². The molecule has 0 heterocycles. The van der Waals surface area contributed by atoms with E-state index < -0.39 is 10.2 Å². The van der Waals surface area contributed by atoms with Gasteiger partial charge in [-0.1, -0.05) is 26.7 Å². The van der Waals surface area contributed by atoms with Crippen molar-refractivity contribution in [1.82, 2.24) is 4.72 Å². The van der Waals surface area contributed by atoms with Crippen LogP contribution >= 0.6 is 0 Å². The van der Waals surface area contributed by atoms with Crippen molar-refractivity contribution in [3.8, 4) is 0 Å². The van der Waals surface area contributed by atoms with Gasteiger partial charge in [0.25, 0.3) is 10.2 Å². The first kappa shape index (κ1) is 12.9. The number of nitrogens with two attached hydrogens (primary N) is 1. The maximum atomic E-state index is 10.6. The Bertz CT molecular complexity index is 224. The highest BCUT2D eigenvalue weighted by atomic mass is 32.2. The second-order valence-corrected chi connectivity index (χ2v) is 5.21. The van der Waals surface area contributed by atoms with Crippen LogP contribution in [0.4, 0.5) is 0 Å². The molecular weight excluding hydrogens is 188 g/mol. The molecule has 0 amide bonds. The molecule has 80 valence electrons. The summed E-state index contributed by atoms with van der Waals surface area (Å²) in [5, 5.41) is 4.83. The maximum absolute atomic E-state index is 10.6. The van der Waals surface area contributed by atoms with E-state index in [4.69, 9.17) is 5.14 Å². The van der Waals surface area contributed by atoms with E-state index in [0.29, 0.717) is 5.92 Å². The van der Waals surface area contributed by atoms with Crippen molar-refractivity contribution in [3.63, 3.8) is 0 Å². The maximum Gasteiger partial charge on any atom is 0.274 e. The van der Waals surface area contributed by atoms with Gasteiger partial charge in [-0.2, -0.15) is 13.1 Å². The van der Waals surface area contributed by atoms with Gasteiger partial charge in [0, 0.05) is 6.04 Å². The van der Waals surface area contributed by atoms with Crippen LogP contribution in [0, 0.1) is 5.92 Å². The Kier molecular flexibility index (Phi) is 5.51. The Labute approximate surface area is 81.1 Å². The van der Waals surface area contributed by atoms with Crippen molar-refractivity contribution < 1.29 is 8.42 Å². The van der Waals surface area contributed by atoms with Gasteiger partial charge in [0.2, 0.25) is 0 Å². The van der Waals surface area contributed by atoms with Gasteiger partial charge in [0.15, 0.2) is 0 Å². The van der Waals surface area contributed by atoms with Crippen LogP contribution in [-0.4, -0.2) is 14.5 Å². The Balaban J connectivity index is 3.58. The van der Waals surface area contributed by atoms with Crippen LogP contribution in [0.3, 0.4) is 0 Å². The first-order valence-corrected chi connectivity index (χ1v) is 6.16. The summed E-state index contributed by atoms with van der Waals surface area (Å²) in [5.41, 5.74) is 0. The molecule has 0 aliphatic heterocycles. The van der Waals surface area contributed by atoms with Gasteiger partial charge >= 0.3 is 0 Å². The molecule has 0 aromatic heterocycles. The van der Waals surface area contributed by atoms with E-state index in [-0.39, 0.29) is 6.04 Å². The van der Waals surface area contributed by atoms with Crippen LogP contribution in [0.15, 0.2) is 0 Å². The summed E-state index contributed by atoms with van der Waals surface area (Å²) in [6.07, 6.45) is 2.99. The van der Waals surface area contributed by atoms with Gasteiger partial charge in [0.1, 0.15) is 0 Å². The molecule has 13 heavy (non-hydrogen) atoms. The predicted molar refractivity (Wildman–Crippen MR) is 54.4 cm³/mol. The average Bonchev–Trinajstić information content (AvgIpc) is 1.81. The molecule has 4 nitrogen and oxygen atoms in total. The SMILES string of the molecule is CC(C)CCCC(C)NS(N)(=O)=O. The molecule has 0 fully saturated rings. The van der Waals surface area contributed by atoms with E-state index in [2.05, 4.69) is 18.6 Å². The van der Waals surface area contributed by atoms with Gasteiger partial charge in [-0.25, -0.2) is 5.14 Å². The van der Waals surface area contributed by atoms with E-state index in [1.807, 2.05) is 6.92 Å². The van der Waals surface area contributed by atoms with E-state index in [9.17, 15) is 8.42 Å². The molecule has 1 atom stereocenters. The van der Waals surface area contributed by atoms with Gasteiger partial charge < -0.3 is 0 Å². The highest BCUT2D eigenvalue weighted by Gasteiger charge is 2.08. The molecule has 0 saturated carbocycles. The highest BCUT2D eigenvalue weighted by Crippen LogP contribution is 2.08. The summed E-state index contributed by atoms with van der Waals surface area (Å²) in [7, 11) is -3.52. The summed E-state index contributed by atoms with van der Waals surface area (Å²) in [4.78, 5) is 0. The van der Waals surface area contributed by atoms with Crippen molar-refractivity contribution in [2.75, 3.05) is 0 Å². The summed E-state index contributed by atoms with van der Waals surface area (Å²) < 4.78 is 23.6. The minimum absolute atomic E-state index is 0.0613. The van der Waals surface area contributed by atoms with E-state index >= 15 is 0 Å². The highest BCUT2D eigenvalue weighted by molar-refractivity contribution is 7.87. The fourth-order valence-electron chi connectivity index (χ4n) is 1.17. The standard InChI is InChI=1S/C8H20N2O2S/c1-7(2)5-4-6-8(3)10-13(9,11)12/h7-8,10H,4-6H2,1-3H3,(H2,9,11,12). The topological polar surface area (TPSA) is 72.2 Å². The number of rotatable bonds is 6. The van der Waals surface area contributed by atoms with E-state index in [1.165, 1.54) is 0 Å². The first-order chi connectivity index (χ1) is 5.81. The zero-order chi connectivity index (χ0) is 10.5. The lowest BCUT2D eigenvalue weighted by atomic mass is 10.0. The molecule has 0 aliphatic carbocycles. The van der Waals surface area contributed by atoms with Gasteiger partial charge in [-0.05, 0) is 19.3 Å².